The van der Waals surface area contributed by atoms with Gasteiger partial charge in [0, 0.05) is 10.2 Å². The van der Waals surface area contributed by atoms with E-state index in [9.17, 15) is 18.0 Å². The molecule has 1 fully saturated rings. The van der Waals surface area contributed by atoms with E-state index < -0.39 is 21.8 Å². The lowest BCUT2D eigenvalue weighted by Crippen LogP contribution is -2.53. The number of halogens is 1. The quantitative estimate of drug-likeness (QED) is 0.562. The average molecular weight is 348 g/mol. The van der Waals surface area contributed by atoms with Crippen molar-refractivity contribution in [2.75, 3.05) is 18.8 Å². The third-order valence-electron chi connectivity index (χ3n) is 2.53. The highest BCUT2D eigenvalue weighted by atomic mass is 79.9. The van der Waals surface area contributed by atoms with Gasteiger partial charge >= 0.3 is 0 Å². The molecule has 1 aliphatic heterocycles. The molecule has 7 nitrogen and oxygen atoms in total. The molecule has 0 atom stereocenters. The van der Waals surface area contributed by atoms with Crippen molar-refractivity contribution in [3.63, 3.8) is 0 Å². The van der Waals surface area contributed by atoms with Gasteiger partial charge in [-0.15, -0.1) is 0 Å². The van der Waals surface area contributed by atoms with Gasteiger partial charge in [0.2, 0.25) is 21.8 Å². The molecule has 3 N–H and O–H groups in total. The van der Waals surface area contributed by atoms with Crippen LogP contribution in [0.15, 0.2) is 27.6 Å². The Morgan fingerprint density at radius 2 is 1.79 bits per heavy atom. The van der Waals surface area contributed by atoms with E-state index in [1.807, 2.05) is 5.32 Å². The summed E-state index contributed by atoms with van der Waals surface area (Å²) < 4.78 is 25.8. The number of piperazine rings is 1. The highest BCUT2D eigenvalue weighted by molar-refractivity contribution is 9.10. The van der Waals surface area contributed by atoms with Gasteiger partial charge in [-0.3, -0.25) is 14.9 Å². The Hall–Kier alpha value is -1.45. The van der Waals surface area contributed by atoms with Gasteiger partial charge in [-0.05, 0) is 34.1 Å². The van der Waals surface area contributed by atoms with Gasteiger partial charge in [0.05, 0.1) is 18.0 Å². The molecule has 0 saturated carbocycles. The molecule has 0 bridgehead atoms. The molecule has 0 unspecified atom stereocenters. The number of nitrogens with two attached hydrogens (primary N) is 1. The van der Waals surface area contributed by atoms with E-state index in [1.165, 1.54) is 18.2 Å². The Morgan fingerprint density at radius 1 is 1.21 bits per heavy atom. The van der Waals surface area contributed by atoms with Crippen LogP contribution in [0.4, 0.5) is 5.69 Å². The van der Waals surface area contributed by atoms with Crippen molar-refractivity contribution in [2.45, 2.75) is 4.90 Å². The second-order valence-corrected chi connectivity index (χ2v) is 6.72. The van der Waals surface area contributed by atoms with Crippen molar-refractivity contribution in [3.8, 4) is 0 Å². The van der Waals surface area contributed by atoms with Crippen LogP contribution in [0.1, 0.15) is 0 Å². The standard InChI is InChI=1S/C10H10BrN3O4S/c11-7-3-6(1-2-8(7)12)19(17,18)14-4-9(15)13-10(16)5-14/h1-3H,4-5,12H2,(H,13,15,16). The first-order valence-corrected chi connectivity index (χ1v) is 7.42. The number of hydrogen-bond acceptors (Lipinski definition) is 5. The molecule has 1 saturated heterocycles. The van der Waals surface area contributed by atoms with E-state index in [2.05, 4.69) is 15.9 Å². The van der Waals surface area contributed by atoms with Crippen LogP contribution < -0.4 is 11.1 Å². The fraction of sp³-hybridized carbons (Fsp3) is 0.200. The molecule has 0 radical (unpaired) electrons. The second-order valence-electron chi connectivity index (χ2n) is 3.93. The molecule has 2 rings (SSSR count). The minimum Gasteiger partial charge on any atom is -0.398 e. The van der Waals surface area contributed by atoms with Crippen LogP contribution in [0.3, 0.4) is 0 Å². The normalized spacial score (nSPS) is 17.3. The topological polar surface area (TPSA) is 110 Å². The number of nitrogens with zero attached hydrogens (tertiary/aromatic N) is 1. The third kappa shape index (κ3) is 2.77. The Balaban J connectivity index is 2.39. The molecule has 102 valence electrons. The van der Waals surface area contributed by atoms with Crippen LogP contribution in [-0.4, -0.2) is 37.6 Å². The summed E-state index contributed by atoms with van der Waals surface area (Å²) in [5.41, 5.74) is 5.98. The first-order chi connectivity index (χ1) is 8.80. The minimum absolute atomic E-state index is 0.0314. The second kappa shape index (κ2) is 4.91. The number of carbonyl (C=O) groups excluding carboxylic acids is 2. The smallest absolute Gasteiger partial charge is 0.244 e. The fourth-order valence-electron chi connectivity index (χ4n) is 1.60. The maximum Gasteiger partial charge on any atom is 0.244 e. The predicted molar refractivity (Wildman–Crippen MR) is 70.5 cm³/mol. The molecule has 19 heavy (non-hydrogen) atoms. The SMILES string of the molecule is Nc1ccc(S(=O)(=O)N2CC(=O)NC(=O)C2)cc1Br. The summed E-state index contributed by atoms with van der Waals surface area (Å²) >= 11 is 3.13. The van der Waals surface area contributed by atoms with Crippen molar-refractivity contribution in [3.05, 3.63) is 22.7 Å². The van der Waals surface area contributed by atoms with Crippen molar-refractivity contribution in [1.82, 2.24) is 9.62 Å². The Kier molecular flexibility index (Phi) is 3.61. The first-order valence-electron chi connectivity index (χ1n) is 5.18. The molecular formula is C10H10BrN3O4S. The number of nitrogen functional groups attached to an aromatic ring is 1. The van der Waals surface area contributed by atoms with E-state index >= 15 is 0 Å². The van der Waals surface area contributed by atoms with Crippen molar-refractivity contribution < 1.29 is 18.0 Å². The maximum atomic E-state index is 12.3. The first kappa shape index (κ1) is 14.0. The van der Waals surface area contributed by atoms with Gasteiger partial charge in [-0.25, -0.2) is 8.42 Å². The monoisotopic (exact) mass is 347 g/mol. The minimum atomic E-state index is -3.90. The Bertz CT molecular complexity index is 643. The highest BCUT2D eigenvalue weighted by Crippen LogP contribution is 2.25. The Labute approximate surface area is 117 Å². The van der Waals surface area contributed by atoms with E-state index in [-0.39, 0.29) is 18.0 Å². The van der Waals surface area contributed by atoms with Gasteiger partial charge in [0.15, 0.2) is 0 Å². The zero-order valence-electron chi connectivity index (χ0n) is 9.59. The van der Waals surface area contributed by atoms with E-state index in [4.69, 9.17) is 5.73 Å². The van der Waals surface area contributed by atoms with Gasteiger partial charge in [0.1, 0.15) is 0 Å². The van der Waals surface area contributed by atoms with Crippen molar-refractivity contribution >= 4 is 43.5 Å². The molecule has 2 amide bonds. The van der Waals surface area contributed by atoms with Crippen molar-refractivity contribution in [2.24, 2.45) is 0 Å². The number of benzene rings is 1. The molecule has 1 heterocycles. The number of nitrogens with one attached hydrogen (secondary N) is 1. The van der Waals surface area contributed by atoms with Gasteiger partial charge in [-0.1, -0.05) is 0 Å². The van der Waals surface area contributed by atoms with E-state index in [0.29, 0.717) is 10.2 Å². The van der Waals surface area contributed by atoms with Crippen LogP contribution in [0, 0.1) is 0 Å². The number of imide groups is 1. The number of rotatable bonds is 2. The lowest BCUT2D eigenvalue weighted by atomic mass is 10.3. The zero-order chi connectivity index (χ0) is 14.2. The summed E-state index contributed by atoms with van der Waals surface area (Å²) in [4.78, 5) is 22.4. The molecule has 0 spiro atoms. The average Bonchev–Trinajstić information content (AvgIpc) is 2.31. The summed E-state index contributed by atoms with van der Waals surface area (Å²) in [5, 5.41) is 2.04. The largest absolute Gasteiger partial charge is 0.398 e. The van der Waals surface area contributed by atoms with Gasteiger partial charge in [-0.2, -0.15) is 4.31 Å². The number of amides is 2. The number of sulfonamides is 1. The summed E-state index contributed by atoms with van der Waals surface area (Å²) in [6.45, 7) is -0.758. The van der Waals surface area contributed by atoms with E-state index in [0.717, 1.165) is 4.31 Å². The number of anilines is 1. The van der Waals surface area contributed by atoms with Crippen LogP contribution in [0.2, 0.25) is 0 Å². The van der Waals surface area contributed by atoms with Gasteiger partial charge < -0.3 is 5.73 Å². The van der Waals surface area contributed by atoms with Crippen LogP contribution in [0.25, 0.3) is 0 Å². The predicted octanol–water partition coefficient (Wildman–Crippen LogP) is -0.322. The maximum absolute atomic E-state index is 12.3. The summed E-state index contributed by atoms with van der Waals surface area (Å²) in [7, 11) is -3.90. The van der Waals surface area contributed by atoms with Crippen LogP contribution in [0.5, 0.6) is 0 Å². The zero-order valence-corrected chi connectivity index (χ0v) is 12.0. The summed E-state index contributed by atoms with van der Waals surface area (Å²) in [5.74, 6) is -1.29. The lowest BCUT2D eigenvalue weighted by Gasteiger charge is -2.24. The van der Waals surface area contributed by atoms with Crippen molar-refractivity contribution in [1.29, 1.82) is 0 Å². The van der Waals surface area contributed by atoms with Gasteiger partial charge in [0.25, 0.3) is 0 Å². The highest BCUT2D eigenvalue weighted by Gasteiger charge is 2.33. The van der Waals surface area contributed by atoms with Crippen LogP contribution >= 0.6 is 15.9 Å². The summed E-state index contributed by atoms with van der Waals surface area (Å²) in [6.07, 6.45) is 0. The number of carbonyl (C=O) groups is 2. The third-order valence-corrected chi connectivity index (χ3v) is 5.00. The fourth-order valence-corrected chi connectivity index (χ4v) is 3.51. The molecule has 0 aliphatic carbocycles. The van der Waals surface area contributed by atoms with Crippen LogP contribution in [-0.2, 0) is 19.6 Å². The lowest BCUT2D eigenvalue weighted by molar-refractivity contribution is -0.134. The summed E-state index contributed by atoms with van der Waals surface area (Å²) in [6, 6.07) is 4.09. The number of hydrogen-bond donors (Lipinski definition) is 2. The molecular weight excluding hydrogens is 338 g/mol. The molecule has 1 aliphatic rings. The molecule has 1 aromatic carbocycles. The Morgan fingerprint density at radius 3 is 2.32 bits per heavy atom. The van der Waals surface area contributed by atoms with E-state index in [1.54, 1.807) is 0 Å². The molecule has 1 aromatic rings. The molecule has 0 aromatic heterocycles. The molecule has 9 heteroatoms.